The molecule has 0 saturated heterocycles. The highest BCUT2D eigenvalue weighted by molar-refractivity contribution is 7.88. The van der Waals surface area contributed by atoms with Gasteiger partial charge in [-0.3, -0.25) is 4.21 Å². The van der Waals surface area contributed by atoms with Crippen LogP contribution in [0.1, 0.15) is 20.8 Å². The summed E-state index contributed by atoms with van der Waals surface area (Å²) in [5, 5.41) is 1.68. The quantitative estimate of drug-likeness (QED) is 0.485. The van der Waals surface area contributed by atoms with Crippen LogP contribution < -0.4 is 0 Å². The molecule has 68 valence electrons. The van der Waals surface area contributed by atoms with Gasteiger partial charge in [-0.25, -0.2) is 0 Å². The van der Waals surface area contributed by atoms with Gasteiger partial charge in [0.1, 0.15) is 0 Å². The lowest BCUT2D eigenvalue weighted by atomic mass is 10.3. The Morgan fingerprint density at radius 3 is 2.42 bits per heavy atom. The molecule has 0 aliphatic rings. The van der Waals surface area contributed by atoms with Crippen LogP contribution in [0.2, 0.25) is 0 Å². The highest BCUT2D eigenvalue weighted by Gasteiger charge is 1.89. The Bertz CT molecular complexity index is 232. The molecule has 0 radical (unpaired) electrons. The SMILES string of the molecule is C=C(C)/C=C/S(=O)CC=C(C)C. The summed E-state index contributed by atoms with van der Waals surface area (Å²) >= 11 is 0. The molecule has 0 fully saturated rings. The molecule has 0 N–H and O–H groups in total. The van der Waals surface area contributed by atoms with E-state index in [1.807, 2.05) is 26.8 Å². The first-order valence-corrected chi connectivity index (χ1v) is 5.25. The maximum atomic E-state index is 11.2. The first-order chi connectivity index (χ1) is 5.52. The summed E-state index contributed by atoms with van der Waals surface area (Å²) in [7, 11) is -0.879. The highest BCUT2D eigenvalue weighted by Crippen LogP contribution is 1.95. The Labute approximate surface area is 77.3 Å². The number of hydrogen-bond donors (Lipinski definition) is 0. The average Bonchev–Trinajstić information content (AvgIpc) is 1.96. The van der Waals surface area contributed by atoms with Crippen molar-refractivity contribution in [3.05, 3.63) is 35.3 Å². The Morgan fingerprint density at radius 1 is 1.42 bits per heavy atom. The number of rotatable bonds is 4. The topological polar surface area (TPSA) is 17.1 Å². The van der Waals surface area contributed by atoms with Crippen molar-refractivity contribution < 1.29 is 4.21 Å². The van der Waals surface area contributed by atoms with Crippen molar-refractivity contribution in [2.45, 2.75) is 20.8 Å². The molecule has 0 heterocycles. The smallest absolute Gasteiger partial charge is 0.0494 e. The summed E-state index contributed by atoms with van der Waals surface area (Å²) in [5.41, 5.74) is 2.13. The van der Waals surface area contributed by atoms with Crippen molar-refractivity contribution in [1.29, 1.82) is 0 Å². The van der Waals surface area contributed by atoms with Crippen LogP contribution >= 0.6 is 0 Å². The molecule has 2 heteroatoms. The fourth-order valence-corrected chi connectivity index (χ4v) is 1.49. The second-order valence-corrected chi connectivity index (χ2v) is 4.34. The normalized spacial score (nSPS) is 12.9. The van der Waals surface area contributed by atoms with E-state index in [9.17, 15) is 4.21 Å². The van der Waals surface area contributed by atoms with E-state index in [4.69, 9.17) is 0 Å². The lowest BCUT2D eigenvalue weighted by Crippen LogP contribution is -1.89. The molecule has 1 atom stereocenters. The largest absolute Gasteiger partial charge is 0.255 e. The molecule has 0 rings (SSSR count). The van der Waals surface area contributed by atoms with Crippen LogP contribution in [0.4, 0.5) is 0 Å². The van der Waals surface area contributed by atoms with Crippen LogP contribution in [-0.4, -0.2) is 9.96 Å². The first kappa shape index (κ1) is 11.4. The molecule has 0 aromatic heterocycles. The molecule has 0 aromatic rings. The molecule has 0 aromatic carbocycles. The van der Waals surface area contributed by atoms with Gasteiger partial charge < -0.3 is 0 Å². The summed E-state index contributed by atoms with van der Waals surface area (Å²) in [4.78, 5) is 0. The van der Waals surface area contributed by atoms with Gasteiger partial charge >= 0.3 is 0 Å². The monoisotopic (exact) mass is 184 g/mol. The van der Waals surface area contributed by atoms with Crippen LogP contribution in [0.5, 0.6) is 0 Å². The zero-order valence-corrected chi connectivity index (χ0v) is 8.78. The van der Waals surface area contributed by atoms with Gasteiger partial charge in [-0.2, -0.15) is 0 Å². The molecule has 1 unspecified atom stereocenters. The molecular weight excluding hydrogens is 168 g/mol. The van der Waals surface area contributed by atoms with Gasteiger partial charge in [-0.1, -0.05) is 29.9 Å². The van der Waals surface area contributed by atoms with Crippen molar-refractivity contribution in [3.8, 4) is 0 Å². The second-order valence-electron chi connectivity index (χ2n) is 2.98. The molecule has 1 nitrogen and oxygen atoms in total. The molecule has 0 amide bonds. The molecular formula is C10H16OS. The van der Waals surface area contributed by atoms with Crippen LogP contribution in [-0.2, 0) is 10.8 Å². The molecule has 0 saturated carbocycles. The summed E-state index contributed by atoms with van der Waals surface area (Å²) in [5.74, 6) is 0.603. The summed E-state index contributed by atoms with van der Waals surface area (Å²) in [6.45, 7) is 9.57. The van der Waals surface area contributed by atoms with Crippen molar-refractivity contribution >= 4 is 10.8 Å². The van der Waals surface area contributed by atoms with E-state index >= 15 is 0 Å². The van der Waals surface area contributed by atoms with E-state index in [-0.39, 0.29) is 0 Å². The minimum atomic E-state index is -0.879. The Balaban J connectivity index is 3.91. The molecule has 0 spiro atoms. The third kappa shape index (κ3) is 7.48. The van der Waals surface area contributed by atoms with Gasteiger partial charge in [0.05, 0.1) is 0 Å². The van der Waals surface area contributed by atoms with Gasteiger partial charge in [0.25, 0.3) is 0 Å². The molecule has 0 bridgehead atoms. The van der Waals surface area contributed by atoms with Gasteiger partial charge in [-0.15, -0.1) is 0 Å². The predicted molar refractivity (Wildman–Crippen MR) is 56.4 cm³/mol. The summed E-state index contributed by atoms with van der Waals surface area (Å²) < 4.78 is 11.2. The highest BCUT2D eigenvalue weighted by atomic mass is 32.2. The van der Waals surface area contributed by atoms with Crippen molar-refractivity contribution in [2.75, 3.05) is 5.75 Å². The minimum absolute atomic E-state index is 0.603. The average molecular weight is 184 g/mol. The Kier molecular flexibility index (Phi) is 5.64. The third-order valence-electron chi connectivity index (χ3n) is 1.16. The van der Waals surface area contributed by atoms with E-state index in [0.717, 1.165) is 5.57 Å². The van der Waals surface area contributed by atoms with E-state index in [1.165, 1.54) is 5.57 Å². The Hall–Kier alpha value is -0.630. The minimum Gasteiger partial charge on any atom is -0.255 e. The number of allylic oxidation sites excluding steroid dienone is 3. The maximum Gasteiger partial charge on any atom is 0.0494 e. The fraction of sp³-hybridized carbons (Fsp3) is 0.400. The summed E-state index contributed by atoms with van der Waals surface area (Å²) in [6, 6.07) is 0. The van der Waals surface area contributed by atoms with E-state index in [2.05, 4.69) is 6.58 Å². The summed E-state index contributed by atoms with van der Waals surface area (Å²) in [6.07, 6.45) is 3.76. The lowest BCUT2D eigenvalue weighted by Gasteiger charge is -1.91. The maximum absolute atomic E-state index is 11.2. The lowest BCUT2D eigenvalue weighted by molar-refractivity contribution is 0.690. The molecule has 12 heavy (non-hydrogen) atoms. The third-order valence-corrected chi connectivity index (χ3v) is 2.10. The molecule has 0 aliphatic carbocycles. The van der Waals surface area contributed by atoms with Crippen molar-refractivity contribution in [3.63, 3.8) is 0 Å². The van der Waals surface area contributed by atoms with Gasteiger partial charge in [0.2, 0.25) is 0 Å². The first-order valence-electron chi connectivity index (χ1n) is 3.86. The zero-order chi connectivity index (χ0) is 9.56. The van der Waals surface area contributed by atoms with Crippen LogP contribution in [0, 0.1) is 0 Å². The van der Waals surface area contributed by atoms with Gasteiger partial charge in [0.15, 0.2) is 0 Å². The van der Waals surface area contributed by atoms with Crippen LogP contribution in [0.25, 0.3) is 0 Å². The number of hydrogen-bond acceptors (Lipinski definition) is 1. The van der Waals surface area contributed by atoms with E-state index < -0.39 is 10.8 Å². The second kappa shape index (κ2) is 5.95. The van der Waals surface area contributed by atoms with Gasteiger partial charge in [0, 0.05) is 22.0 Å². The Morgan fingerprint density at radius 2 is 2.00 bits per heavy atom. The zero-order valence-electron chi connectivity index (χ0n) is 7.96. The van der Waals surface area contributed by atoms with E-state index in [0.29, 0.717) is 5.75 Å². The molecule has 0 aliphatic heterocycles. The van der Waals surface area contributed by atoms with Crippen molar-refractivity contribution in [1.82, 2.24) is 0 Å². The van der Waals surface area contributed by atoms with Gasteiger partial charge in [-0.05, 0) is 20.8 Å². The predicted octanol–water partition coefficient (Wildman–Crippen LogP) is 2.79. The van der Waals surface area contributed by atoms with Crippen LogP contribution in [0.3, 0.4) is 0 Å². The fourth-order valence-electron chi connectivity index (χ4n) is 0.496. The standard InChI is InChI=1S/C10H16OS/c1-9(2)5-7-12(11)8-6-10(3)4/h5-7H,1,8H2,2-4H3/b7-5+. The van der Waals surface area contributed by atoms with E-state index in [1.54, 1.807) is 11.5 Å². The van der Waals surface area contributed by atoms with Crippen LogP contribution in [0.15, 0.2) is 35.3 Å². The van der Waals surface area contributed by atoms with Crippen molar-refractivity contribution in [2.24, 2.45) is 0 Å².